The van der Waals surface area contributed by atoms with Gasteiger partial charge in [-0.2, -0.15) is 0 Å². The minimum absolute atomic E-state index is 0.248. The Hall–Kier alpha value is -3.76. The van der Waals surface area contributed by atoms with Crippen molar-refractivity contribution in [3.05, 3.63) is 71.8 Å². The van der Waals surface area contributed by atoms with Crippen molar-refractivity contribution in [1.29, 1.82) is 0 Å². The van der Waals surface area contributed by atoms with Gasteiger partial charge in [0.05, 0.1) is 0 Å². The molecule has 0 radical (unpaired) electrons. The molecule has 10 nitrogen and oxygen atoms in total. The summed E-state index contributed by atoms with van der Waals surface area (Å²) in [6, 6.07) is 17.6. The van der Waals surface area contributed by atoms with Gasteiger partial charge in [-0.3, -0.25) is 30.0 Å². The van der Waals surface area contributed by atoms with Gasteiger partial charge in [0.2, 0.25) is 0 Å². The number of rotatable bonds is 12. The quantitative estimate of drug-likeness (QED) is 0.0837. The summed E-state index contributed by atoms with van der Waals surface area (Å²) in [7, 11) is 0. The van der Waals surface area contributed by atoms with E-state index in [-0.39, 0.29) is 18.2 Å². The topological polar surface area (TPSA) is 185 Å². The molecular weight excluding hydrogens is 464 g/mol. The second-order valence-corrected chi connectivity index (χ2v) is 7.82. The maximum absolute atomic E-state index is 10.8. The number of benzene rings is 2. The van der Waals surface area contributed by atoms with Crippen LogP contribution in [0.4, 0.5) is 0 Å². The van der Waals surface area contributed by atoms with E-state index in [4.69, 9.17) is 21.9 Å². The third kappa shape index (κ3) is 15.2. The van der Waals surface area contributed by atoms with E-state index >= 15 is 0 Å². The van der Waals surface area contributed by atoms with Crippen molar-refractivity contribution in [1.82, 2.24) is 10.9 Å². The number of unbranched alkanes of at least 4 members (excludes halogenated alkanes) is 6. The van der Waals surface area contributed by atoms with Gasteiger partial charge in [0, 0.05) is 11.1 Å². The molecule has 8 N–H and O–H groups in total. The summed E-state index contributed by atoms with van der Waals surface area (Å²) in [5.74, 6) is 5.61. The van der Waals surface area contributed by atoms with Gasteiger partial charge >= 0.3 is 11.9 Å². The first-order valence-corrected chi connectivity index (χ1v) is 11.9. The zero-order chi connectivity index (χ0) is 27.2. The van der Waals surface area contributed by atoms with Crippen molar-refractivity contribution < 1.29 is 29.4 Å². The molecule has 10 heteroatoms. The number of hydrogen-bond acceptors (Lipinski definition) is 6. The van der Waals surface area contributed by atoms with E-state index in [2.05, 4.69) is 6.92 Å². The fourth-order valence-electron chi connectivity index (χ4n) is 3.00. The van der Waals surface area contributed by atoms with Crippen LogP contribution in [-0.2, 0) is 9.59 Å². The monoisotopic (exact) mass is 502 g/mol. The van der Waals surface area contributed by atoms with Crippen LogP contribution in [0.25, 0.3) is 0 Å². The van der Waals surface area contributed by atoms with Crippen LogP contribution in [0.15, 0.2) is 60.7 Å². The minimum atomic E-state index is -1.23. The molecule has 0 fully saturated rings. The Kier molecular flexibility index (Phi) is 18.4. The van der Waals surface area contributed by atoms with Crippen molar-refractivity contribution in [3.63, 3.8) is 0 Å². The molecule has 2 aromatic carbocycles. The zero-order valence-electron chi connectivity index (χ0n) is 20.7. The molecule has 0 heterocycles. The van der Waals surface area contributed by atoms with Gasteiger partial charge < -0.3 is 10.2 Å². The number of nitrogens with two attached hydrogens (primary N) is 2. The molecule has 0 aliphatic carbocycles. The highest BCUT2D eigenvalue weighted by Gasteiger charge is 2.24. The van der Waals surface area contributed by atoms with Gasteiger partial charge in [-0.05, 0) is 30.7 Å². The van der Waals surface area contributed by atoms with Crippen molar-refractivity contribution in [2.45, 2.75) is 58.3 Å². The maximum Gasteiger partial charge on any atom is 0.317 e. The molecule has 2 rings (SSSR count). The van der Waals surface area contributed by atoms with E-state index in [9.17, 15) is 19.2 Å². The first-order valence-electron chi connectivity index (χ1n) is 11.9. The number of hydrazine groups is 2. The molecule has 0 aromatic heterocycles. The van der Waals surface area contributed by atoms with Gasteiger partial charge in [-0.1, -0.05) is 88.3 Å². The van der Waals surface area contributed by atoms with Crippen LogP contribution in [0.5, 0.6) is 0 Å². The lowest BCUT2D eigenvalue weighted by Gasteiger charge is -2.06. The normalized spacial score (nSPS) is 9.67. The maximum atomic E-state index is 10.8. The summed E-state index contributed by atoms with van der Waals surface area (Å²) < 4.78 is 0. The fourth-order valence-corrected chi connectivity index (χ4v) is 3.00. The molecule has 0 atom stereocenters. The van der Waals surface area contributed by atoms with Gasteiger partial charge in [0.15, 0.2) is 5.92 Å². The zero-order valence-corrected chi connectivity index (χ0v) is 20.7. The molecule has 0 aliphatic heterocycles. The van der Waals surface area contributed by atoms with Crippen LogP contribution in [-0.4, -0.2) is 34.0 Å². The summed E-state index contributed by atoms with van der Waals surface area (Å²) in [6.07, 6.45) is 7.78. The smallest absolute Gasteiger partial charge is 0.317 e. The number of hydrogen-bond donors (Lipinski definition) is 6. The first kappa shape index (κ1) is 32.2. The predicted octanol–water partition coefficient (Wildman–Crippen LogP) is 3.49. The fraction of sp³-hybridized carbons (Fsp3) is 0.385. The Morgan fingerprint density at radius 2 is 1.03 bits per heavy atom. The summed E-state index contributed by atoms with van der Waals surface area (Å²) in [5, 5.41) is 17.3. The highest BCUT2D eigenvalue weighted by atomic mass is 16.4. The van der Waals surface area contributed by atoms with Crippen molar-refractivity contribution >= 4 is 23.8 Å². The van der Waals surface area contributed by atoms with Crippen LogP contribution in [0.2, 0.25) is 0 Å². The molecule has 198 valence electrons. The van der Waals surface area contributed by atoms with Crippen LogP contribution in [0.1, 0.15) is 79.0 Å². The van der Waals surface area contributed by atoms with E-state index < -0.39 is 17.9 Å². The molecule has 0 spiro atoms. The second-order valence-electron chi connectivity index (χ2n) is 7.82. The van der Waals surface area contributed by atoms with Crippen molar-refractivity contribution in [3.8, 4) is 0 Å². The Morgan fingerprint density at radius 3 is 1.36 bits per heavy atom. The lowest BCUT2D eigenvalue weighted by molar-refractivity contribution is -0.154. The Labute approximate surface area is 212 Å². The number of aliphatic carboxylic acids is 2. The Balaban J connectivity index is 0.000000532. The molecule has 0 bridgehead atoms. The van der Waals surface area contributed by atoms with Gasteiger partial charge in [-0.15, -0.1) is 0 Å². The van der Waals surface area contributed by atoms with Crippen LogP contribution >= 0.6 is 0 Å². The molecule has 0 saturated heterocycles. The third-order valence-electron chi connectivity index (χ3n) is 5.03. The van der Waals surface area contributed by atoms with E-state index in [1.165, 1.54) is 25.7 Å². The first-order chi connectivity index (χ1) is 17.3. The van der Waals surface area contributed by atoms with Gasteiger partial charge in [0.25, 0.3) is 11.8 Å². The molecule has 2 amide bonds. The largest absolute Gasteiger partial charge is 0.481 e. The van der Waals surface area contributed by atoms with Crippen molar-refractivity contribution in [2.24, 2.45) is 17.6 Å². The lowest BCUT2D eigenvalue weighted by atomic mass is 10.0. The summed E-state index contributed by atoms with van der Waals surface area (Å²) >= 11 is 0. The number of carbonyl (C=O) groups is 4. The van der Waals surface area contributed by atoms with Gasteiger partial charge in [0.1, 0.15) is 0 Å². The average molecular weight is 503 g/mol. The number of carboxylic acid groups (broad SMARTS) is 2. The highest BCUT2D eigenvalue weighted by Crippen LogP contribution is 2.13. The van der Waals surface area contributed by atoms with Crippen LogP contribution in [0.3, 0.4) is 0 Å². The minimum Gasteiger partial charge on any atom is -0.481 e. The second kappa shape index (κ2) is 20.6. The van der Waals surface area contributed by atoms with Crippen molar-refractivity contribution in [2.75, 3.05) is 0 Å². The predicted molar refractivity (Wildman–Crippen MR) is 138 cm³/mol. The summed E-state index contributed by atoms with van der Waals surface area (Å²) in [4.78, 5) is 42.7. The average Bonchev–Trinajstić information content (AvgIpc) is 2.90. The molecule has 0 unspecified atom stereocenters. The molecule has 0 saturated carbocycles. The number of nitrogen functional groups attached to an aromatic ring is 2. The van der Waals surface area contributed by atoms with Gasteiger partial charge in [-0.25, -0.2) is 11.7 Å². The lowest BCUT2D eigenvalue weighted by Crippen LogP contribution is -2.29. The van der Waals surface area contributed by atoms with Crippen LogP contribution < -0.4 is 22.5 Å². The standard InChI is InChI=1S/C12H22O4.2C7H8N2O/c1-2-3-4-5-6-7-8-9-10(11(13)14)12(15)16;2*8-9-7(10)6-4-2-1-3-5-6/h10H,2-9H2,1H3,(H,13,14)(H,15,16);2*1-5H,8H2,(H,9,10). The van der Waals surface area contributed by atoms with E-state index in [0.29, 0.717) is 17.5 Å². The molecular formula is C26H38N4O6. The van der Waals surface area contributed by atoms with E-state index in [1.807, 2.05) is 23.0 Å². The molecule has 2 aromatic rings. The number of carbonyl (C=O) groups excluding carboxylic acids is 2. The SMILES string of the molecule is CCCCCCCCCC(C(=O)O)C(=O)O.NNC(=O)c1ccccc1.NNC(=O)c1ccccc1. The number of nitrogens with one attached hydrogen (secondary N) is 2. The van der Waals surface area contributed by atoms with E-state index in [1.54, 1.807) is 48.5 Å². The summed E-state index contributed by atoms with van der Waals surface area (Å²) in [5.41, 5.74) is 5.23. The molecule has 0 aliphatic rings. The molecule has 36 heavy (non-hydrogen) atoms. The van der Waals surface area contributed by atoms with Crippen LogP contribution in [0, 0.1) is 5.92 Å². The number of amides is 2. The van der Waals surface area contributed by atoms with E-state index in [0.717, 1.165) is 12.8 Å². The number of carboxylic acids is 2. The Morgan fingerprint density at radius 1 is 0.667 bits per heavy atom. The summed E-state index contributed by atoms with van der Waals surface area (Å²) in [6.45, 7) is 2.16. The third-order valence-corrected chi connectivity index (χ3v) is 5.03. The highest BCUT2D eigenvalue weighted by molar-refractivity contribution is 5.94. The Bertz CT molecular complexity index is 828.